The molecule has 1 aromatic rings. The number of aldehydes is 1. The Balaban J connectivity index is 3.08. The Labute approximate surface area is 85.5 Å². The van der Waals surface area contributed by atoms with Gasteiger partial charge in [-0.25, -0.2) is 0 Å². The summed E-state index contributed by atoms with van der Waals surface area (Å²) in [4.78, 5) is 10.2. The molecule has 0 saturated heterocycles. The van der Waals surface area contributed by atoms with Gasteiger partial charge < -0.3 is 0 Å². The first-order valence-electron chi connectivity index (χ1n) is 4.87. The average Bonchev–Trinajstić information content (AvgIpc) is 2.16. The number of benzene rings is 1. The van der Waals surface area contributed by atoms with Crippen molar-refractivity contribution in [1.82, 2.24) is 0 Å². The molecule has 0 aliphatic rings. The van der Waals surface area contributed by atoms with Crippen molar-refractivity contribution >= 4 is 12.4 Å². The number of allylic oxidation sites excluding steroid dienone is 1. The summed E-state index contributed by atoms with van der Waals surface area (Å²) in [7, 11) is 0. The van der Waals surface area contributed by atoms with Crippen molar-refractivity contribution in [3.05, 3.63) is 41.0 Å². The summed E-state index contributed by atoms with van der Waals surface area (Å²) in [5.74, 6) is 0.527. The molecule has 0 saturated carbocycles. The topological polar surface area (TPSA) is 17.1 Å². The van der Waals surface area contributed by atoms with Crippen LogP contribution < -0.4 is 0 Å². The third kappa shape index (κ3) is 2.56. The van der Waals surface area contributed by atoms with Crippen molar-refractivity contribution in [2.24, 2.45) is 0 Å². The quantitative estimate of drug-likeness (QED) is 0.525. The van der Waals surface area contributed by atoms with Gasteiger partial charge in [0.25, 0.3) is 0 Å². The van der Waals surface area contributed by atoms with Gasteiger partial charge in [-0.2, -0.15) is 0 Å². The second-order valence-electron chi connectivity index (χ2n) is 3.77. The van der Waals surface area contributed by atoms with Gasteiger partial charge >= 0.3 is 0 Å². The van der Waals surface area contributed by atoms with Gasteiger partial charge in [0.1, 0.15) is 6.29 Å². The number of hydrogen-bond acceptors (Lipinski definition) is 1. The Morgan fingerprint density at radius 3 is 2.57 bits per heavy atom. The van der Waals surface area contributed by atoms with Gasteiger partial charge in [-0.3, -0.25) is 4.79 Å². The van der Waals surface area contributed by atoms with E-state index >= 15 is 0 Å². The third-order valence-electron chi connectivity index (χ3n) is 2.32. The van der Waals surface area contributed by atoms with Crippen LogP contribution in [0.15, 0.2) is 24.3 Å². The fourth-order valence-corrected chi connectivity index (χ4v) is 1.34. The van der Waals surface area contributed by atoms with Crippen LogP contribution >= 0.6 is 0 Å². The fourth-order valence-electron chi connectivity index (χ4n) is 1.34. The van der Waals surface area contributed by atoms with Gasteiger partial charge in [0.05, 0.1) is 0 Å². The van der Waals surface area contributed by atoms with Crippen molar-refractivity contribution in [3.8, 4) is 0 Å². The standard InChI is InChI=1S/C13H16O/c1-10(2)12-7-6-11(3)13(9-12)5-4-8-14/h4-10H,1-3H3/b5-4+. The fraction of sp³-hybridized carbons (Fsp3) is 0.308. The summed E-state index contributed by atoms with van der Waals surface area (Å²) >= 11 is 0. The molecule has 0 bridgehead atoms. The van der Waals surface area contributed by atoms with Crippen LogP contribution in [0, 0.1) is 6.92 Å². The zero-order valence-corrected chi connectivity index (χ0v) is 8.95. The SMILES string of the molecule is Cc1ccc(C(C)C)cc1/C=C/C=O. The lowest BCUT2D eigenvalue weighted by atomic mass is 9.98. The number of aryl methyl sites for hydroxylation is 1. The number of hydrogen-bond donors (Lipinski definition) is 0. The van der Waals surface area contributed by atoms with Crippen LogP contribution in [0.2, 0.25) is 0 Å². The van der Waals surface area contributed by atoms with Gasteiger partial charge in [0.2, 0.25) is 0 Å². The minimum Gasteiger partial charge on any atom is -0.299 e. The van der Waals surface area contributed by atoms with E-state index in [-0.39, 0.29) is 0 Å². The smallest absolute Gasteiger partial charge is 0.142 e. The van der Waals surface area contributed by atoms with Crippen LogP contribution in [0.1, 0.15) is 36.5 Å². The highest BCUT2D eigenvalue weighted by Crippen LogP contribution is 2.19. The number of carbonyl (C=O) groups is 1. The van der Waals surface area contributed by atoms with Crippen LogP contribution in [0.5, 0.6) is 0 Å². The van der Waals surface area contributed by atoms with E-state index in [4.69, 9.17) is 0 Å². The summed E-state index contributed by atoms with van der Waals surface area (Å²) in [5.41, 5.74) is 3.64. The normalized spacial score (nSPS) is 11.1. The predicted molar refractivity (Wildman–Crippen MR) is 60.4 cm³/mol. The van der Waals surface area contributed by atoms with E-state index in [0.29, 0.717) is 5.92 Å². The van der Waals surface area contributed by atoms with E-state index in [0.717, 1.165) is 11.8 Å². The molecule has 1 aromatic carbocycles. The van der Waals surface area contributed by atoms with E-state index in [1.54, 1.807) is 0 Å². The minimum atomic E-state index is 0.527. The lowest BCUT2D eigenvalue weighted by molar-refractivity contribution is -0.104. The third-order valence-corrected chi connectivity index (χ3v) is 2.32. The molecule has 1 nitrogen and oxygen atoms in total. The maximum absolute atomic E-state index is 10.2. The average molecular weight is 188 g/mol. The summed E-state index contributed by atoms with van der Waals surface area (Å²) in [6.45, 7) is 6.38. The molecule has 0 aromatic heterocycles. The van der Waals surface area contributed by atoms with E-state index < -0.39 is 0 Å². The Bertz CT molecular complexity index is 348. The summed E-state index contributed by atoms with van der Waals surface area (Å²) < 4.78 is 0. The molecule has 0 amide bonds. The minimum absolute atomic E-state index is 0.527. The van der Waals surface area contributed by atoms with Gasteiger partial charge in [0.15, 0.2) is 0 Å². The van der Waals surface area contributed by atoms with Gasteiger partial charge in [-0.1, -0.05) is 38.1 Å². The Morgan fingerprint density at radius 1 is 1.29 bits per heavy atom. The molecule has 0 unspecified atom stereocenters. The monoisotopic (exact) mass is 188 g/mol. The zero-order valence-electron chi connectivity index (χ0n) is 8.95. The summed E-state index contributed by atoms with van der Waals surface area (Å²) in [6, 6.07) is 6.37. The first-order valence-corrected chi connectivity index (χ1v) is 4.87. The molecule has 0 aliphatic heterocycles. The lowest BCUT2D eigenvalue weighted by Crippen LogP contribution is -1.89. The van der Waals surface area contributed by atoms with Crippen molar-refractivity contribution in [2.75, 3.05) is 0 Å². The van der Waals surface area contributed by atoms with Crippen LogP contribution in [0.3, 0.4) is 0 Å². The maximum atomic E-state index is 10.2. The van der Waals surface area contributed by atoms with Gasteiger partial charge in [0, 0.05) is 0 Å². The first kappa shape index (κ1) is 10.7. The van der Waals surface area contributed by atoms with Crippen LogP contribution in [0.25, 0.3) is 6.08 Å². The Kier molecular flexibility index (Phi) is 3.63. The lowest BCUT2D eigenvalue weighted by Gasteiger charge is -2.08. The molecule has 0 atom stereocenters. The van der Waals surface area contributed by atoms with Gasteiger partial charge in [-0.05, 0) is 35.6 Å². The van der Waals surface area contributed by atoms with E-state index in [1.807, 2.05) is 6.08 Å². The molecule has 74 valence electrons. The molecule has 0 aliphatic carbocycles. The molecule has 14 heavy (non-hydrogen) atoms. The maximum Gasteiger partial charge on any atom is 0.142 e. The van der Waals surface area contributed by atoms with E-state index in [2.05, 4.69) is 39.0 Å². The largest absolute Gasteiger partial charge is 0.299 e. The predicted octanol–water partition coefficient (Wildman–Crippen LogP) is 3.33. The zero-order chi connectivity index (χ0) is 10.6. The molecule has 1 heteroatoms. The molecule has 0 N–H and O–H groups in total. The Morgan fingerprint density at radius 2 is 2.00 bits per heavy atom. The second kappa shape index (κ2) is 4.75. The van der Waals surface area contributed by atoms with Crippen LogP contribution in [-0.4, -0.2) is 6.29 Å². The van der Waals surface area contributed by atoms with Crippen molar-refractivity contribution in [3.63, 3.8) is 0 Å². The van der Waals surface area contributed by atoms with E-state index in [9.17, 15) is 4.79 Å². The Hall–Kier alpha value is -1.37. The van der Waals surface area contributed by atoms with E-state index in [1.165, 1.54) is 17.2 Å². The molecule has 0 heterocycles. The first-order chi connectivity index (χ1) is 6.65. The molecule has 0 spiro atoms. The van der Waals surface area contributed by atoms with Crippen LogP contribution in [-0.2, 0) is 4.79 Å². The number of rotatable bonds is 3. The summed E-state index contributed by atoms with van der Waals surface area (Å²) in [6.07, 6.45) is 4.20. The highest BCUT2D eigenvalue weighted by molar-refractivity contribution is 5.74. The molecular formula is C13H16O. The highest BCUT2D eigenvalue weighted by atomic mass is 16.1. The van der Waals surface area contributed by atoms with Crippen molar-refractivity contribution in [1.29, 1.82) is 0 Å². The van der Waals surface area contributed by atoms with Crippen LogP contribution in [0.4, 0.5) is 0 Å². The van der Waals surface area contributed by atoms with Crippen molar-refractivity contribution < 1.29 is 4.79 Å². The molecule has 0 radical (unpaired) electrons. The highest BCUT2D eigenvalue weighted by Gasteiger charge is 2.00. The van der Waals surface area contributed by atoms with Crippen molar-refractivity contribution in [2.45, 2.75) is 26.7 Å². The van der Waals surface area contributed by atoms with Gasteiger partial charge in [-0.15, -0.1) is 0 Å². The molecule has 0 fully saturated rings. The molecule has 1 rings (SSSR count). The number of carbonyl (C=O) groups excluding carboxylic acids is 1. The summed E-state index contributed by atoms with van der Waals surface area (Å²) in [5, 5.41) is 0. The second-order valence-corrected chi connectivity index (χ2v) is 3.77. The molecular weight excluding hydrogens is 172 g/mol.